The van der Waals surface area contributed by atoms with Crippen molar-refractivity contribution in [1.29, 1.82) is 0 Å². The Morgan fingerprint density at radius 3 is 2.50 bits per heavy atom. The molecule has 1 aliphatic rings. The van der Waals surface area contributed by atoms with E-state index in [-0.39, 0.29) is 12.1 Å². The number of urea groups is 1. The van der Waals surface area contributed by atoms with Crippen LogP contribution in [0.25, 0.3) is 0 Å². The molecule has 9 heteroatoms. The summed E-state index contributed by atoms with van der Waals surface area (Å²) >= 11 is 7.04. The number of halogens is 2. The van der Waals surface area contributed by atoms with Crippen molar-refractivity contribution in [3.05, 3.63) is 58.9 Å². The van der Waals surface area contributed by atoms with Crippen molar-refractivity contribution in [3.63, 3.8) is 0 Å². The van der Waals surface area contributed by atoms with E-state index in [1.807, 2.05) is 0 Å². The number of nitrogens with zero attached hydrogens (tertiary/aromatic N) is 2. The van der Waals surface area contributed by atoms with Gasteiger partial charge in [-0.2, -0.15) is 0 Å². The predicted octanol–water partition coefficient (Wildman–Crippen LogP) is 3.17. The zero-order chi connectivity index (χ0) is 18.8. The molecule has 0 aromatic heterocycles. The number of benzene rings is 2. The summed E-state index contributed by atoms with van der Waals surface area (Å²) in [6.45, 7) is -0.296. The second-order valence-corrected chi connectivity index (χ2v) is 6.98. The lowest BCUT2D eigenvalue weighted by Crippen LogP contribution is -2.44. The molecule has 3 rings (SSSR count). The van der Waals surface area contributed by atoms with E-state index in [1.54, 1.807) is 30.3 Å². The molecule has 1 heterocycles. The number of nitrogens with one attached hydrogen (secondary N) is 1. The summed E-state index contributed by atoms with van der Waals surface area (Å²) < 4.78 is 14.3. The van der Waals surface area contributed by atoms with Crippen molar-refractivity contribution in [2.24, 2.45) is 0 Å². The van der Waals surface area contributed by atoms with Crippen LogP contribution in [0.2, 0.25) is 5.02 Å². The third-order valence-corrected chi connectivity index (χ3v) is 4.99. The summed E-state index contributed by atoms with van der Waals surface area (Å²) in [6.07, 6.45) is 0. The van der Waals surface area contributed by atoms with Gasteiger partial charge in [-0.15, -0.1) is 0 Å². The van der Waals surface area contributed by atoms with Gasteiger partial charge >= 0.3 is 6.03 Å². The molecule has 2 aromatic carbocycles. The minimum Gasteiger partial charge on any atom is -0.272 e. The first-order valence-electron chi connectivity index (χ1n) is 7.48. The Morgan fingerprint density at radius 1 is 1.19 bits per heavy atom. The maximum atomic E-state index is 14.3. The van der Waals surface area contributed by atoms with Gasteiger partial charge in [0.1, 0.15) is 12.4 Å². The summed E-state index contributed by atoms with van der Waals surface area (Å²) in [4.78, 5) is 38.0. The number of rotatable bonds is 4. The lowest BCUT2D eigenvalue weighted by molar-refractivity contribution is -0.124. The Bertz CT molecular complexity index is 891. The summed E-state index contributed by atoms with van der Waals surface area (Å²) in [5, 5.41) is 1.42. The van der Waals surface area contributed by atoms with Crippen LogP contribution in [0.15, 0.2) is 52.3 Å². The van der Waals surface area contributed by atoms with Gasteiger partial charge in [0, 0.05) is 21.9 Å². The number of amides is 4. The van der Waals surface area contributed by atoms with E-state index in [0.29, 0.717) is 9.92 Å². The van der Waals surface area contributed by atoms with Crippen molar-refractivity contribution in [2.45, 2.75) is 9.79 Å². The Morgan fingerprint density at radius 2 is 1.88 bits per heavy atom. The first-order valence-corrected chi connectivity index (χ1v) is 8.67. The zero-order valence-electron chi connectivity index (χ0n) is 13.5. The van der Waals surface area contributed by atoms with Gasteiger partial charge in [0.25, 0.3) is 11.8 Å². The van der Waals surface area contributed by atoms with Crippen molar-refractivity contribution in [1.82, 2.24) is 15.3 Å². The van der Waals surface area contributed by atoms with Gasteiger partial charge in [-0.05, 0) is 36.4 Å². The molecule has 0 bridgehead atoms. The maximum absolute atomic E-state index is 14.3. The van der Waals surface area contributed by atoms with Gasteiger partial charge in [0.15, 0.2) is 0 Å². The number of hydrogen-bond acceptors (Lipinski definition) is 4. The van der Waals surface area contributed by atoms with Gasteiger partial charge in [-0.3, -0.25) is 19.9 Å². The molecule has 6 nitrogen and oxygen atoms in total. The molecule has 134 valence electrons. The Hall–Kier alpha value is -2.58. The van der Waals surface area contributed by atoms with Crippen LogP contribution in [-0.2, 0) is 4.79 Å². The normalized spacial score (nSPS) is 14.1. The van der Waals surface area contributed by atoms with Crippen LogP contribution in [-0.4, -0.2) is 41.3 Å². The first-order chi connectivity index (χ1) is 12.4. The van der Waals surface area contributed by atoms with Gasteiger partial charge < -0.3 is 0 Å². The Balaban J connectivity index is 1.85. The fourth-order valence-corrected chi connectivity index (χ4v) is 3.39. The monoisotopic (exact) mass is 393 g/mol. The van der Waals surface area contributed by atoms with Crippen LogP contribution in [0.5, 0.6) is 0 Å². The maximum Gasteiger partial charge on any atom is 0.345 e. The van der Waals surface area contributed by atoms with E-state index >= 15 is 0 Å². The van der Waals surface area contributed by atoms with Crippen molar-refractivity contribution < 1.29 is 18.8 Å². The molecule has 2 aromatic rings. The minimum absolute atomic E-state index is 0.206. The predicted molar refractivity (Wildman–Crippen MR) is 94.3 cm³/mol. The van der Waals surface area contributed by atoms with E-state index in [9.17, 15) is 18.8 Å². The third kappa shape index (κ3) is 3.66. The third-order valence-electron chi connectivity index (χ3n) is 3.67. The number of carbonyl (C=O) groups excluding carboxylic acids is 3. The van der Waals surface area contributed by atoms with E-state index < -0.39 is 23.7 Å². The lowest BCUT2D eigenvalue weighted by atomic mass is 10.2. The van der Waals surface area contributed by atoms with Gasteiger partial charge in [-0.1, -0.05) is 29.4 Å². The number of hydrazine groups is 1. The molecule has 0 saturated carbocycles. The molecule has 4 amide bonds. The molecule has 0 aliphatic carbocycles. The summed E-state index contributed by atoms with van der Waals surface area (Å²) in [5.74, 6) is -2.00. The fraction of sp³-hybridized carbons (Fsp3) is 0.118. The zero-order valence-corrected chi connectivity index (χ0v) is 15.1. The molecular formula is C17H13ClFN3O3S. The van der Waals surface area contributed by atoms with Crippen LogP contribution in [0.1, 0.15) is 10.4 Å². The minimum atomic E-state index is -0.809. The van der Waals surface area contributed by atoms with Crippen LogP contribution in [0.3, 0.4) is 0 Å². The standard InChI is InChI=1S/C17H13ClFN3O3S/c1-21-14(23)9-22(17(21)25)20-16(24)15-12(19)3-2-4-13(15)26-11-7-5-10(18)6-8-11/h2-8H,9H2,1H3,(H,20,24). The highest BCUT2D eigenvalue weighted by molar-refractivity contribution is 7.99. The lowest BCUT2D eigenvalue weighted by Gasteiger charge is -2.17. The molecule has 0 atom stereocenters. The van der Waals surface area contributed by atoms with E-state index in [4.69, 9.17) is 11.6 Å². The molecule has 0 radical (unpaired) electrons. The molecule has 1 N–H and O–H groups in total. The molecular weight excluding hydrogens is 381 g/mol. The summed E-state index contributed by atoms with van der Waals surface area (Å²) in [6, 6.07) is 10.4. The SMILES string of the molecule is CN1C(=O)CN(NC(=O)c2c(F)cccc2Sc2ccc(Cl)cc2)C1=O. The number of hydrogen-bond donors (Lipinski definition) is 1. The quantitative estimate of drug-likeness (QED) is 0.810. The molecule has 0 unspecified atom stereocenters. The van der Waals surface area contributed by atoms with Gasteiger partial charge in [-0.25, -0.2) is 14.2 Å². The van der Waals surface area contributed by atoms with Crippen molar-refractivity contribution in [3.8, 4) is 0 Å². The smallest absolute Gasteiger partial charge is 0.272 e. The van der Waals surface area contributed by atoms with Crippen LogP contribution >= 0.6 is 23.4 Å². The highest BCUT2D eigenvalue weighted by Gasteiger charge is 2.35. The average molecular weight is 394 g/mol. The Kier molecular flexibility index (Phi) is 5.15. The fourth-order valence-electron chi connectivity index (χ4n) is 2.30. The number of likely N-dealkylation sites (N-methyl/N-ethyl adjacent to an activating group) is 1. The first kappa shape index (κ1) is 18.2. The summed E-state index contributed by atoms with van der Waals surface area (Å²) in [7, 11) is 1.31. The highest BCUT2D eigenvalue weighted by atomic mass is 35.5. The van der Waals surface area contributed by atoms with E-state index in [2.05, 4.69) is 5.43 Å². The van der Waals surface area contributed by atoms with Crippen LogP contribution in [0.4, 0.5) is 9.18 Å². The molecule has 26 heavy (non-hydrogen) atoms. The van der Waals surface area contributed by atoms with Gasteiger partial charge in [0.2, 0.25) is 0 Å². The second kappa shape index (κ2) is 7.35. The van der Waals surface area contributed by atoms with Gasteiger partial charge in [0.05, 0.1) is 5.56 Å². The average Bonchev–Trinajstić information content (AvgIpc) is 2.84. The van der Waals surface area contributed by atoms with Crippen molar-refractivity contribution in [2.75, 3.05) is 13.6 Å². The molecule has 1 fully saturated rings. The molecule has 0 spiro atoms. The molecule has 1 saturated heterocycles. The number of carbonyl (C=O) groups is 3. The van der Waals surface area contributed by atoms with E-state index in [0.717, 1.165) is 20.9 Å². The number of imide groups is 1. The highest BCUT2D eigenvalue weighted by Crippen LogP contribution is 2.32. The summed E-state index contributed by atoms with van der Waals surface area (Å²) in [5.41, 5.74) is 2.08. The van der Waals surface area contributed by atoms with Crippen LogP contribution in [0, 0.1) is 5.82 Å². The largest absolute Gasteiger partial charge is 0.345 e. The molecule has 1 aliphatic heterocycles. The van der Waals surface area contributed by atoms with E-state index in [1.165, 1.54) is 24.9 Å². The topological polar surface area (TPSA) is 69.7 Å². The van der Waals surface area contributed by atoms with Crippen LogP contribution < -0.4 is 5.43 Å². The Labute approximate surface area is 157 Å². The van der Waals surface area contributed by atoms with Crippen molar-refractivity contribution >= 4 is 41.2 Å². The second-order valence-electron chi connectivity index (χ2n) is 5.43.